The number of pyridine rings is 1. The van der Waals surface area contributed by atoms with Gasteiger partial charge in [0.1, 0.15) is 23.0 Å². The van der Waals surface area contributed by atoms with Crippen molar-refractivity contribution in [1.82, 2.24) is 29.9 Å². The Kier molecular flexibility index (Phi) is 7.62. The van der Waals surface area contributed by atoms with Crippen molar-refractivity contribution in [3.05, 3.63) is 65.9 Å². The molecule has 0 radical (unpaired) electrons. The fourth-order valence-electron chi connectivity index (χ4n) is 4.50. The Bertz CT molecular complexity index is 1460. The van der Waals surface area contributed by atoms with E-state index in [1.807, 2.05) is 19.1 Å². The van der Waals surface area contributed by atoms with Crippen LogP contribution in [0.3, 0.4) is 0 Å². The van der Waals surface area contributed by atoms with E-state index in [1.54, 1.807) is 24.0 Å². The van der Waals surface area contributed by atoms with Gasteiger partial charge in [-0.05, 0) is 69.0 Å². The van der Waals surface area contributed by atoms with Crippen LogP contribution >= 0.6 is 0 Å². The minimum atomic E-state index is -0.769. The molecular weight excluding hydrogens is 505 g/mol. The molecule has 0 saturated heterocycles. The van der Waals surface area contributed by atoms with E-state index < -0.39 is 5.97 Å². The van der Waals surface area contributed by atoms with Crippen molar-refractivity contribution in [2.24, 2.45) is 13.0 Å². The number of aliphatic carboxylic acids is 1. The number of carboxylic acid groups (broad SMARTS) is 1. The molecule has 3 aromatic heterocycles. The molecule has 11 nitrogen and oxygen atoms in total. The van der Waals surface area contributed by atoms with Gasteiger partial charge in [-0.2, -0.15) is 4.98 Å². The molecule has 12 heteroatoms. The second-order valence-corrected chi connectivity index (χ2v) is 9.36. The fraction of sp³-hybridized carbons (Fsp3) is 0.333. The van der Waals surface area contributed by atoms with Crippen molar-refractivity contribution < 1.29 is 23.8 Å². The van der Waals surface area contributed by atoms with E-state index in [0.29, 0.717) is 59.8 Å². The third-order valence-corrected chi connectivity index (χ3v) is 6.57. The summed E-state index contributed by atoms with van der Waals surface area (Å²) in [6, 6.07) is 10.9. The predicted molar refractivity (Wildman–Crippen MR) is 139 cm³/mol. The molecule has 1 aliphatic rings. The predicted octanol–water partition coefficient (Wildman–Crippen LogP) is 4.54. The van der Waals surface area contributed by atoms with Gasteiger partial charge in [0.05, 0.1) is 35.6 Å². The number of ether oxygens (including phenoxy) is 2. The number of nitrogens with one attached hydrogen (secondary N) is 1. The maximum Gasteiger partial charge on any atom is 0.306 e. The zero-order valence-corrected chi connectivity index (χ0v) is 21.5. The molecule has 5 rings (SSSR count). The Balaban J connectivity index is 1.26. The van der Waals surface area contributed by atoms with Gasteiger partial charge in [0, 0.05) is 19.3 Å². The van der Waals surface area contributed by atoms with Crippen molar-refractivity contribution in [1.29, 1.82) is 0 Å². The van der Waals surface area contributed by atoms with E-state index in [1.165, 1.54) is 24.3 Å². The quantitative estimate of drug-likeness (QED) is 0.315. The van der Waals surface area contributed by atoms with Crippen LogP contribution in [0.5, 0.6) is 17.4 Å². The van der Waals surface area contributed by atoms with Gasteiger partial charge < -0.3 is 19.9 Å². The first-order valence-corrected chi connectivity index (χ1v) is 12.6. The molecule has 2 N–H and O–H groups in total. The second-order valence-electron chi connectivity index (χ2n) is 9.36. The number of nitrogens with zero attached hydrogens (tertiary/aromatic N) is 6. The number of hydrogen-bond acceptors (Lipinski definition) is 9. The van der Waals surface area contributed by atoms with Crippen LogP contribution < -0.4 is 14.8 Å². The van der Waals surface area contributed by atoms with Crippen molar-refractivity contribution in [2.75, 3.05) is 5.32 Å². The Morgan fingerprint density at radius 3 is 2.74 bits per heavy atom. The SMILES string of the molecule is Cc1nc(-c2nnn(C)c2CNc2nccc(Oc3ccc(F)cc3)n2)ccc1O[C@H]1CCC[C@H](C(=O)O)C1. The largest absolute Gasteiger partial charge is 0.489 e. The molecule has 0 spiro atoms. The zero-order chi connectivity index (χ0) is 27.4. The van der Waals surface area contributed by atoms with Crippen LogP contribution in [0.2, 0.25) is 0 Å². The summed E-state index contributed by atoms with van der Waals surface area (Å²) in [4.78, 5) is 24.7. The van der Waals surface area contributed by atoms with E-state index in [2.05, 4.69) is 25.6 Å². The first-order valence-electron chi connectivity index (χ1n) is 12.6. The van der Waals surface area contributed by atoms with E-state index in [-0.39, 0.29) is 17.8 Å². The summed E-state index contributed by atoms with van der Waals surface area (Å²) in [7, 11) is 1.79. The lowest BCUT2D eigenvalue weighted by molar-refractivity contribution is -0.143. The maximum absolute atomic E-state index is 13.2. The molecule has 1 aliphatic carbocycles. The lowest BCUT2D eigenvalue weighted by atomic mass is 9.87. The first-order chi connectivity index (χ1) is 18.9. The standard InChI is InChI=1S/C27H28FN7O4/c1-16-23(38-20-5-3-4-17(14-20)26(36)37)11-10-21(31-16)25-22(35(2)34-33-25)15-30-27-29-13-12-24(32-27)39-19-8-6-18(28)7-9-19/h6-13,17,20H,3-5,14-15H2,1-2H3,(H,36,37)(H,29,30,32)/t17-,20-/m0/s1. The van der Waals surface area contributed by atoms with Crippen LogP contribution in [-0.4, -0.2) is 47.1 Å². The summed E-state index contributed by atoms with van der Waals surface area (Å²) < 4.78 is 26.6. The number of aryl methyl sites for hydroxylation is 2. The third kappa shape index (κ3) is 6.28. The summed E-state index contributed by atoms with van der Waals surface area (Å²) in [5.74, 6) is 0.241. The van der Waals surface area contributed by atoms with Crippen molar-refractivity contribution in [2.45, 2.75) is 45.3 Å². The maximum atomic E-state index is 13.2. The van der Waals surface area contributed by atoms with Gasteiger partial charge in [0.2, 0.25) is 11.8 Å². The van der Waals surface area contributed by atoms with Gasteiger partial charge in [-0.15, -0.1) is 5.10 Å². The van der Waals surface area contributed by atoms with Crippen LogP contribution in [0.1, 0.15) is 37.1 Å². The molecule has 202 valence electrons. The van der Waals surface area contributed by atoms with Gasteiger partial charge in [0.25, 0.3) is 0 Å². The summed E-state index contributed by atoms with van der Waals surface area (Å²) >= 11 is 0. The van der Waals surface area contributed by atoms with Gasteiger partial charge >= 0.3 is 5.97 Å². The summed E-state index contributed by atoms with van der Waals surface area (Å²) in [6.07, 6.45) is 4.24. The van der Waals surface area contributed by atoms with E-state index in [9.17, 15) is 14.3 Å². The van der Waals surface area contributed by atoms with Crippen LogP contribution in [0.15, 0.2) is 48.7 Å². The molecule has 3 heterocycles. The average molecular weight is 534 g/mol. The zero-order valence-electron chi connectivity index (χ0n) is 21.5. The van der Waals surface area contributed by atoms with Crippen LogP contribution in [-0.2, 0) is 18.4 Å². The lowest BCUT2D eigenvalue weighted by Gasteiger charge is -2.27. The highest BCUT2D eigenvalue weighted by molar-refractivity contribution is 5.70. The number of aromatic nitrogens is 6. The number of halogens is 1. The van der Waals surface area contributed by atoms with E-state index in [0.717, 1.165) is 18.5 Å². The number of carboxylic acids is 1. The molecule has 0 unspecified atom stereocenters. The van der Waals surface area contributed by atoms with Crippen LogP contribution in [0.4, 0.5) is 10.3 Å². The minimum absolute atomic E-state index is 0.148. The van der Waals surface area contributed by atoms with Crippen molar-refractivity contribution in [3.63, 3.8) is 0 Å². The molecule has 39 heavy (non-hydrogen) atoms. The summed E-state index contributed by atoms with van der Waals surface area (Å²) in [5, 5.41) is 21.0. The Morgan fingerprint density at radius 1 is 1.15 bits per heavy atom. The number of carbonyl (C=O) groups is 1. The van der Waals surface area contributed by atoms with Gasteiger partial charge in [-0.25, -0.2) is 19.0 Å². The lowest BCUT2D eigenvalue weighted by Crippen LogP contribution is -2.29. The molecule has 1 aromatic carbocycles. The van der Waals surface area contributed by atoms with E-state index >= 15 is 0 Å². The molecule has 0 bridgehead atoms. The number of hydrogen-bond donors (Lipinski definition) is 2. The third-order valence-electron chi connectivity index (χ3n) is 6.57. The number of anilines is 1. The van der Waals surface area contributed by atoms with Crippen LogP contribution in [0.25, 0.3) is 11.4 Å². The fourth-order valence-corrected chi connectivity index (χ4v) is 4.50. The highest BCUT2D eigenvalue weighted by atomic mass is 19.1. The monoisotopic (exact) mass is 533 g/mol. The molecule has 4 aromatic rings. The molecule has 0 aliphatic heterocycles. The smallest absolute Gasteiger partial charge is 0.306 e. The normalized spacial score (nSPS) is 17.0. The molecule has 2 atom stereocenters. The summed E-state index contributed by atoms with van der Waals surface area (Å²) in [6.45, 7) is 2.17. The average Bonchev–Trinajstić information content (AvgIpc) is 3.30. The van der Waals surface area contributed by atoms with Gasteiger partial charge in [-0.3, -0.25) is 4.79 Å². The minimum Gasteiger partial charge on any atom is -0.489 e. The highest BCUT2D eigenvalue weighted by Crippen LogP contribution is 2.30. The molecule has 1 saturated carbocycles. The van der Waals surface area contributed by atoms with Crippen LogP contribution in [0, 0.1) is 18.7 Å². The van der Waals surface area contributed by atoms with Gasteiger partial charge in [-0.1, -0.05) is 5.21 Å². The van der Waals surface area contributed by atoms with Gasteiger partial charge in [0.15, 0.2) is 0 Å². The summed E-state index contributed by atoms with van der Waals surface area (Å²) in [5.41, 5.74) is 2.68. The van der Waals surface area contributed by atoms with Crippen molar-refractivity contribution >= 4 is 11.9 Å². The first kappa shape index (κ1) is 26.0. The number of benzene rings is 1. The highest BCUT2D eigenvalue weighted by Gasteiger charge is 2.28. The Morgan fingerprint density at radius 2 is 1.97 bits per heavy atom. The molecular formula is C27H28FN7O4. The second kappa shape index (κ2) is 11.4. The molecule has 1 fully saturated rings. The van der Waals surface area contributed by atoms with Crippen molar-refractivity contribution in [3.8, 4) is 28.8 Å². The Hall–Kier alpha value is -4.61. The Labute approximate surface area is 224 Å². The number of rotatable bonds is 9. The topological polar surface area (TPSA) is 137 Å². The molecule has 0 amide bonds. The van der Waals surface area contributed by atoms with E-state index in [4.69, 9.17) is 14.5 Å².